The number of para-hydroxylation sites is 1. The predicted molar refractivity (Wildman–Crippen MR) is 194 cm³/mol. The summed E-state index contributed by atoms with van der Waals surface area (Å²) in [6.07, 6.45) is -7.22. The smallest absolute Gasteiger partial charge is 0.275 e. The van der Waals surface area contributed by atoms with Crippen molar-refractivity contribution in [3.63, 3.8) is 0 Å². The zero-order valence-electron chi connectivity index (χ0n) is 31.5. The van der Waals surface area contributed by atoms with Crippen LogP contribution in [0, 0.1) is 116 Å². The van der Waals surface area contributed by atoms with Crippen LogP contribution in [0.4, 0.5) is 87.8 Å². The summed E-state index contributed by atoms with van der Waals surface area (Å²) in [5.74, 6) is -70.8. The van der Waals surface area contributed by atoms with E-state index in [0.29, 0.717) is 15.5 Å². The Morgan fingerprint density at radius 2 is 0.455 bits per heavy atom. The summed E-state index contributed by atoms with van der Waals surface area (Å²) in [4.78, 5) is 1.33. The SMILES string of the molecule is Fc1c(F)c(F)c([B-](c2c(F)c(F)c(F)c(F)c2F)(c2c(F)c(F)c(F)c(F)c2F)c2c(F)c(F)c(F)c(F)c2F)c(F)c1F.O=[S+](Oc1ccccc1)(c1ccccc1)c1ccccc1. The monoisotopic (exact) mass is 974 g/mol. The first-order valence-electron chi connectivity index (χ1n) is 17.6. The lowest BCUT2D eigenvalue weighted by Gasteiger charge is -2.44. The van der Waals surface area contributed by atoms with Crippen molar-refractivity contribution in [3.8, 4) is 5.75 Å². The second-order valence-corrected chi connectivity index (χ2v) is 15.4. The molecule has 0 atom stereocenters. The highest BCUT2D eigenvalue weighted by Gasteiger charge is 2.52. The summed E-state index contributed by atoms with van der Waals surface area (Å²) in [5.41, 5.74) is -14.3. The largest absolute Gasteiger partial charge is 0.325 e. The third-order valence-corrected chi connectivity index (χ3v) is 12.0. The summed E-state index contributed by atoms with van der Waals surface area (Å²) in [6.45, 7) is 0. The van der Waals surface area contributed by atoms with E-state index >= 15 is 35.1 Å². The molecule has 0 saturated carbocycles. The van der Waals surface area contributed by atoms with Gasteiger partial charge in [-0.15, -0.1) is 21.9 Å². The van der Waals surface area contributed by atoms with Gasteiger partial charge in [0.25, 0.3) is 0 Å². The molecule has 7 aromatic rings. The highest BCUT2D eigenvalue weighted by molar-refractivity contribution is 7.99. The van der Waals surface area contributed by atoms with E-state index in [1.807, 2.05) is 91.0 Å². The summed E-state index contributed by atoms with van der Waals surface area (Å²) in [5, 5.41) is 0. The molecule has 0 N–H and O–H groups in total. The third kappa shape index (κ3) is 7.58. The van der Waals surface area contributed by atoms with E-state index in [2.05, 4.69) is 0 Å². The van der Waals surface area contributed by atoms with Crippen LogP contribution in [-0.2, 0) is 14.4 Å². The Morgan fingerprint density at radius 1 is 0.273 bits per heavy atom. The van der Waals surface area contributed by atoms with Gasteiger partial charge in [0.2, 0.25) is 9.79 Å². The van der Waals surface area contributed by atoms with Crippen LogP contribution in [0.3, 0.4) is 0 Å². The Balaban J connectivity index is 0.000000284. The lowest BCUT2D eigenvalue weighted by molar-refractivity contribution is 0.378. The maximum absolute atomic E-state index is 15.4. The van der Waals surface area contributed by atoms with Crippen molar-refractivity contribution in [2.75, 3.05) is 0 Å². The van der Waals surface area contributed by atoms with Gasteiger partial charge in [-0.25, -0.2) is 87.8 Å². The van der Waals surface area contributed by atoms with Crippen molar-refractivity contribution in [1.29, 1.82) is 0 Å². The van der Waals surface area contributed by atoms with Gasteiger partial charge in [0.05, 0.1) is 0 Å². The van der Waals surface area contributed by atoms with E-state index in [-0.39, 0.29) is 0 Å². The molecule has 7 aromatic carbocycles. The minimum atomic E-state index is -7.22. The normalized spacial score (nSPS) is 11.7. The van der Waals surface area contributed by atoms with E-state index in [4.69, 9.17) is 4.18 Å². The number of halogens is 20. The Morgan fingerprint density at radius 3 is 0.667 bits per heavy atom. The maximum Gasteiger partial charge on any atom is 0.325 e. The molecule has 0 fully saturated rings. The molecule has 0 bridgehead atoms. The average molecular weight is 974 g/mol. The van der Waals surface area contributed by atoms with Crippen LogP contribution in [0.2, 0.25) is 0 Å². The fourth-order valence-corrected chi connectivity index (χ4v) is 8.80. The van der Waals surface area contributed by atoms with Gasteiger partial charge in [-0.3, -0.25) is 4.18 Å². The number of benzene rings is 7. The Bertz CT molecular complexity index is 2660. The maximum atomic E-state index is 15.4. The van der Waals surface area contributed by atoms with Gasteiger partial charge in [-0.1, -0.05) is 54.6 Å². The second-order valence-electron chi connectivity index (χ2n) is 13.3. The quantitative estimate of drug-likeness (QED) is 0.0499. The zero-order chi connectivity index (χ0) is 48.9. The third-order valence-electron chi connectivity index (χ3n) is 9.77. The van der Waals surface area contributed by atoms with Crippen LogP contribution < -0.4 is 26.0 Å². The first kappa shape index (κ1) is 48.6. The van der Waals surface area contributed by atoms with Gasteiger partial charge in [-0.05, 0) is 40.6 Å². The van der Waals surface area contributed by atoms with Gasteiger partial charge in [0, 0.05) is 0 Å². The molecule has 0 amide bonds. The number of hydrogen-bond acceptors (Lipinski definition) is 2. The topological polar surface area (TPSA) is 26.3 Å². The molecule has 0 spiro atoms. The fourth-order valence-electron chi connectivity index (χ4n) is 6.92. The van der Waals surface area contributed by atoms with E-state index in [0.717, 1.165) is 0 Å². The van der Waals surface area contributed by atoms with Crippen molar-refractivity contribution in [1.82, 2.24) is 0 Å². The van der Waals surface area contributed by atoms with Crippen molar-refractivity contribution in [2.24, 2.45) is 0 Å². The highest BCUT2D eigenvalue weighted by Crippen LogP contribution is 2.33. The molecule has 0 aliphatic heterocycles. The summed E-state index contributed by atoms with van der Waals surface area (Å²) < 4.78 is 313. The standard InChI is InChI=1S/C24BF20.C18H15O2S/c26-5-1(6(27)14(35)21(42)13(5)34)25(2-7(28)15(36)22(43)16(37)8(2)29,3-9(30)17(38)23(44)18(39)10(3)31)4-11(32)19(40)24(45)20(41)12(4)33;19-21(17-12-6-2-7-13-17,18-14-8-3-9-15-18)20-16-10-4-1-5-11-16/h;1-15H/q-1;+1. The van der Waals surface area contributed by atoms with Crippen molar-refractivity contribution in [3.05, 3.63) is 207 Å². The molecule has 0 radical (unpaired) electrons. The molecule has 2 nitrogen and oxygen atoms in total. The van der Waals surface area contributed by atoms with E-state index in [1.165, 1.54) is 0 Å². The summed E-state index contributed by atoms with van der Waals surface area (Å²) in [7, 11) is -2.80. The van der Waals surface area contributed by atoms with Gasteiger partial charge >= 0.3 is 10.2 Å². The Hall–Kier alpha value is -6.85. The van der Waals surface area contributed by atoms with Crippen molar-refractivity contribution < 1.29 is 96.2 Å². The minimum Gasteiger partial charge on any atom is -0.275 e. The van der Waals surface area contributed by atoms with Gasteiger partial charge in [0.15, 0.2) is 75.6 Å². The van der Waals surface area contributed by atoms with Gasteiger partial charge in [0.1, 0.15) is 52.7 Å². The highest BCUT2D eigenvalue weighted by atomic mass is 32.3. The lowest BCUT2D eigenvalue weighted by atomic mass is 9.12. The van der Waals surface area contributed by atoms with E-state index in [9.17, 15) is 56.9 Å². The molecule has 66 heavy (non-hydrogen) atoms. The molecule has 0 saturated heterocycles. The Kier molecular flexibility index (Phi) is 13.4. The van der Waals surface area contributed by atoms with Crippen LogP contribution in [0.5, 0.6) is 5.75 Å². The molecule has 24 heteroatoms. The molecule has 0 heterocycles. The van der Waals surface area contributed by atoms with Crippen molar-refractivity contribution in [2.45, 2.75) is 9.79 Å². The Labute approximate surface area is 356 Å². The lowest BCUT2D eigenvalue weighted by Crippen LogP contribution is -2.81. The molecule has 0 aliphatic rings. The summed E-state index contributed by atoms with van der Waals surface area (Å²) in [6, 6.07) is 27.9. The minimum absolute atomic E-state index is 0.593. The van der Waals surface area contributed by atoms with Crippen LogP contribution in [0.15, 0.2) is 101 Å². The van der Waals surface area contributed by atoms with Crippen LogP contribution in [0.25, 0.3) is 0 Å². The van der Waals surface area contributed by atoms with E-state index < -0.39 is 155 Å². The molecule has 7 rings (SSSR count). The molecular weight excluding hydrogens is 959 g/mol. The molecular formula is C42H15BF20O2S. The first-order chi connectivity index (χ1) is 31.0. The predicted octanol–water partition coefficient (Wildman–Crippen LogP) is 10.4. The second kappa shape index (κ2) is 18.2. The van der Waals surface area contributed by atoms with Crippen LogP contribution >= 0.6 is 0 Å². The van der Waals surface area contributed by atoms with Crippen molar-refractivity contribution >= 4 is 38.2 Å². The van der Waals surface area contributed by atoms with Crippen LogP contribution in [0.1, 0.15) is 0 Å². The average Bonchev–Trinajstić information content (AvgIpc) is 3.32. The number of hydrogen-bond donors (Lipinski definition) is 0. The first-order valence-corrected chi connectivity index (χ1v) is 19.1. The number of rotatable bonds is 8. The zero-order valence-corrected chi connectivity index (χ0v) is 32.3. The summed E-state index contributed by atoms with van der Waals surface area (Å²) >= 11 is 0. The van der Waals surface area contributed by atoms with Gasteiger partial charge in [-0.2, -0.15) is 0 Å². The van der Waals surface area contributed by atoms with Gasteiger partial charge < -0.3 is 0 Å². The van der Waals surface area contributed by atoms with E-state index in [1.54, 1.807) is 0 Å². The molecule has 344 valence electrons. The molecule has 0 aromatic heterocycles. The molecule has 0 aliphatic carbocycles. The fraction of sp³-hybridized carbons (Fsp3) is 0. The van der Waals surface area contributed by atoms with Crippen LogP contribution in [-0.4, -0.2) is 6.15 Å². The molecule has 0 unspecified atom stereocenters.